The summed E-state index contributed by atoms with van der Waals surface area (Å²) in [7, 11) is 0. The van der Waals surface area contributed by atoms with Gasteiger partial charge in [-0.15, -0.1) is 11.3 Å². The van der Waals surface area contributed by atoms with Crippen molar-refractivity contribution in [1.82, 2.24) is 4.90 Å². The summed E-state index contributed by atoms with van der Waals surface area (Å²) in [5.41, 5.74) is 3.59. The van der Waals surface area contributed by atoms with Crippen molar-refractivity contribution in [2.24, 2.45) is 0 Å². The Morgan fingerprint density at radius 2 is 1.94 bits per heavy atom. The summed E-state index contributed by atoms with van der Waals surface area (Å²) >= 11 is 1.51. The molecule has 5 nitrogen and oxygen atoms in total. The van der Waals surface area contributed by atoms with Gasteiger partial charge < -0.3 is 14.7 Å². The van der Waals surface area contributed by atoms with Gasteiger partial charge in [-0.3, -0.25) is 9.59 Å². The average Bonchev–Trinajstić information content (AvgIpc) is 3.44. The van der Waals surface area contributed by atoms with E-state index in [-0.39, 0.29) is 22.9 Å². The highest BCUT2D eigenvalue weighted by Gasteiger charge is 2.48. The summed E-state index contributed by atoms with van der Waals surface area (Å²) in [5.74, 6) is -1.29. The normalized spacial score (nSPS) is 23.3. The standard InChI is InChI=1S/C26H31NO4S/c1-15-8-9-17(26(3,4)5)13-19(15)22(28)20-21(24-16(2)10-12-32-24)27(25(30)23(20)29)14-18-7-6-11-31-18/h8-10,12-13,18,21,28H,6-7,11,14H2,1-5H3/b22-20+. The third kappa shape index (κ3) is 4.02. The molecule has 1 amide bonds. The predicted octanol–water partition coefficient (Wildman–Crippen LogP) is 5.26. The van der Waals surface area contributed by atoms with Crippen LogP contribution in [0.4, 0.5) is 0 Å². The SMILES string of the molecule is Cc1ccc(C(C)(C)C)cc1/C(O)=C1\C(=O)C(=O)N(CC2CCCO2)C1c1sccc1C. The van der Waals surface area contributed by atoms with Crippen LogP contribution in [0.5, 0.6) is 0 Å². The fourth-order valence-corrected chi connectivity index (χ4v) is 5.55. The van der Waals surface area contributed by atoms with Gasteiger partial charge in [0.15, 0.2) is 0 Å². The van der Waals surface area contributed by atoms with Crippen molar-refractivity contribution in [3.63, 3.8) is 0 Å². The first-order chi connectivity index (χ1) is 15.1. The molecule has 4 rings (SSSR count). The van der Waals surface area contributed by atoms with E-state index in [1.54, 1.807) is 4.90 Å². The number of thiophene rings is 1. The zero-order valence-corrected chi connectivity index (χ0v) is 20.2. The molecular formula is C26H31NO4S. The lowest BCUT2D eigenvalue weighted by Gasteiger charge is -2.27. The number of carbonyl (C=O) groups excluding carboxylic acids is 2. The van der Waals surface area contributed by atoms with E-state index in [1.165, 1.54) is 11.3 Å². The zero-order valence-electron chi connectivity index (χ0n) is 19.4. The van der Waals surface area contributed by atoms with Gasteiger partial charge in [0.1, 0.15) is 5.76 Å². The number of carbonyl (C=O) groups is 2. The van der Waals surface area contributed by atoms with Crippen molar-refractivity contribution in [3.8, 4) is 0 Å². The van der Waals surface area contributed by atoms with E-state index < -0.39 is 17.7 Å². The number of benzene rings is 1. The summed E-state index contributed by atoms with van der Waals surface area (Å²) in [5, 5.41) is 13.4. The van der Waals surface area contributed by atoms with Crippen LogP contribution < -0.4 is 0 Å². The number of ether oxygens (including phenoxy) is 1. The number of nitrogens with zero attached hydrogens (tertiary/aromatic N) is 1. The van der Waals surface area contributed by atoms with Gasteiger partial charge in [0.2, 0.25) is 0 Å². The van der Waals surface area contributed by atoms with Crippen LogP contribution in [-0.2, 0) is 19.7 Å². The van der Waals surface area contributed by atoms with Crippen LogP contribution in [-0.4, -0.2) is 41.0 Å². The molecular weight excluding hydrogens is 422 g/mol. The lowest BCUT2D eigenvalue weighted by Crippen LogP contribution is -2.36. The number of amides is 1. The Balaban J connectivity index is 1.87. The summed E-state index contributed by atoms with van der Waals surface area (Å²) < 4.78 is 5.77. The fourth-order valence-electron chi connectivity index (χ4n) is 4.50. The highest BCUT2D eigenvalue weighted by molar-refractivity contribution is 7.10. The van der Waals surface area contributed by atoms with Gasteiger partial charge in [0.05, 0.1) is 17.7 Å². The minimum absolute atomic E-state index is 0.0815. The molecule has 2 atom stereocenters. The van der Waals surface area contributed by atoms with E-state index in [1.807, 2.05) is 43.5 Å². The van der Waals surface area contributed by atoms with Gasteiger partial charge in [-0.1, -0.05) is 32.9 Å². The molecule has 1 aromatic carbocycles. The third-order valence-electron chi connectivity index (χ3n) is 6.47. The highest BCUT2D eigenvalue weighted by Crippen LogP contribution is 2.43. The maximum Gasteiger partial charge on any atom is 0.295 e. The topological polar surface area (TPSA) is 66.8 Å². The van der Waals surface area contributed by atoms with E-state index in [0.29, 0.717) is 18.7 Å². The third-order valence-corrected chi connectivity index (χ3v) is 7.54. The van der Waals surface area contributed by atoms with Gasteiger partial charge in [-0.05, 0) is 66.3 Å². The van der Waals surface area contributed by atoms with Gasteiger partial charge in [0, 0.05) is 23.6 Å². The van der Waals surface area contributed by atoms with Gasteiger partial charge in [-0.2, -0.15) is 0 Å². The summed E-state index contributed by atoms with van der Waals surface area (Å²) in [4.78, 5) is 28.9. The molecule has 2 aromatic rings. The molecule has 2 aliphatic heterocycles. The smallest absolute Gasteiger partial charge is 0.295 e. The number of Topliss-reactive ketones (excluding diaryl/α,β-unsaturated/α-hetero) is 1. The largest absolute Gasteiger partial charge is 0.507 e. The van der Waals surface area contributed by atoms with Crippen LogP contribution in [0.1, 0.15) is 66.8 Å². The molecule has 32 heavy (non-hydrogen) atoms. The van der Waals surface area contributed by atoms with Crippen molar-refractivity contribution in [1.29, 1.82) is 0 Å². The maximum atomic E-state index is 13.3. The first-order valence-corrected chi connectivity index (χ1v) is 12.0. The minimum Gasteiger partial charge on any atom is -0.507 e. The van der Waals surface area contributed by atoms with Crippen molar-refractivity contribution in [2.75, 3.05) is 13.2 Å². The fraction of sp³-hybridized carbons (Fsp3) is 0.462. The van der Waals surface area contributed by atoms with Crippen LogP contribution in [0.15, 0.2) is 35.2 Å². The number of hydrogen-bond acceptors (Lipinski definition) is 5. The van der Waals surface area contributed by atoms with Crippen LogP contribution >= 0.6 is 11.3 Å². The number of aryl methyl sites for hydroxylation is 2. The second kappa shape index (κ2) is 8.49. The van der Waals surface area contributed by atoms with Crippen molar-refractivity contribution in [2.45, 2.75) is 65.0 Å². The number of likely N-dealkylation sites (tertiary alicyclic amines) is 1. The number of aliphatic hydroxyl groups excluding tert-OH is 1. The molecule has 1 aromatic heterocycles. The lowest BCUT2D eigenvalue weighted by atomic mass is 9.84. The molecule has 0 saturated carbocycles. The number of aliphatic hydroxyl groups is 1. The molecule has 2 saturated heterocycles. The second-order valence-electron chi connectivity index (χ2n) is 9.83. The molecule has 3 heterocycles. The number of hydrogen-bond donors (Lipinski definition) is 1. The van der Waals surface area contributed by atoms with Crippen LogP contribution in [0, 0.1) is 13.8 Å². The van der Waals surface area contributed by atoms with E-state index in [0.717, 1.165) is 34.4 Å². The average molecular weight is 454 g/mol. The van der Waals surface area contributed by atoms with E-state index in [2.05, 4.69) is 20.8 Å². The minimum atomic E-state index is -0.626. The Morgan fingerprint density at radius 1 is 1.19 bits per heavy atom. The van der Waals surface area contributed by atoms with E-state index in [4.69, 9.17) is 4.74 Å². The van der Waals surface area contributed by atoms with Crippen molar-refractivity contribution < 1.29 is 19.4 Å². The summed E-state index contributed by atoms with van der Waals surface area (Å²) in [6, 6.07) is 7.33. The zero-order chi connectivity index (χ0) is 23.2. The molecule has 2 fully saturated rings. The molecule has 1 N–H and O–H groups in total. The Bertz CT molecular complexity index is 1090. The monoisotopic (exact) mass is 453 g/mol. The molecule has 0 bridgehead atoms. The second-order valence-corrected chi connectivity index (χ2v) is 10.8. The van der Waals surface area contributed by atoms with Crippen LogP contribution in [0.3, 0.4) is 0 Å². The molecule has 6 heteroatoms. The Kier molecular flexibility index (Phi) is 6.03. The molecule has 2 unspecified atom stereocenters. The van der Waals surface area contributed by atoms with E-state index >= 15 is 0 Å². The number of rotatable bonds is 4. The van der Waals surface area contributed by atoms with Gasteiger partial charge in [-0.25, -0.2) is 0 Å². The van der Waals surface area contributed by atoms with Gasteiger partial charge >= 0.3 is 0 Å². The molecule has 0 aliphatic carbocycles. The molecule has 2 aliphatic rings. The van der Waals surface area contributed by atoms with Crippen molar-refractivity contribution >= 4 is 28.8 Å². The highest BCUT2D eigenvalue weighted by atomic mass is 32.1. The molecule has 170 valence electrons. The first kappa shape index (κ1) is 22.7. The van der Waals surface area contributed by atoms with Crippen molar-refractivity contribution in [3.05, 3.63) is 62.3 Å². The lowest BCUT2D eigenvalue weighted by molar-refractivity contribution is -0.140. The van der Waals surface area contributed by atoms with Gasteiger partial charge in [0.25, 0.3) is 11.7 Å². The predicted molar refractivity (Wildman–Crippen MR) is 127 cm³/mol. The Labute approximate surface area is 193 Å². The maximum absolute atomic E-state index is 13.3. The Hall–Kier alpha value is -2.44. The van der Waals surface area contributed by atoms with E-state index in [9.17, 15) is 14.7 Å². The molecule has 0 spiro atoms. The quantitative estimate of drug-likeness (QED) is 0.389. The first-order valence-electron chi connectivity index (χ1n) is 11.1. The summed E-state index contributed by atoms with van der Waals surface area (Å²) in [6.07, 6.45) is 1.74. The molecule has 0 radical (unpaired) electrons. The Morgan fingerprint density at radius 3 is 2.53 bits per heavy atom. The number of ketones is 1. The van der Waals surface area contributed by atoms with Crippen LogP contribution in [0.2, 0.25) is 0 Å². The summed E-state index contributed by atoms with van der Waals surface area (Å²) in [6.45, 7) is 11.2. The van der Waals surface area contributed by atoms with Crippen LogP contribution in [0.25, 0.3) is 5.76 Å².